The lowest BCUT2D eigenvalue weighted by Gasteiger charge is -2.08. The van der Waals surface area contributed by atoms with Gasteiger partial charge in [-0.15, -0.1) is 0 Å². The molecule has 0 amide bonds. The van der Waals surface area contributed by atoms with Crippen molar-refractivity contribution in [2.75, 3.05) is 12.3 Å². The number of rotatable bonds is 5. The van der Waals surface area contributed by atoms with Crippen LogP contribution in [-0.4, -0.2) is 15.0 Å². The standard InChI is InChI=1S/C12H18N2O2S/c1-3-4-5-8-14-17(15,16)12-7-6-10(2)9-11(12)13/h3-4,6-7,9,14H,5,8,13H2,1-2H3/b4-3+. The number of aryl methyl sites for hydroxylation is 1. The van der Waals surface area contributed by atoms with Crippen LogP contribution in [-0.2, 0) is 10.0 Å². The van der Waals surface area contributed by atoms with Gasteiger partial charge in [-0.05, 0) is 38.0 Å². The van der Waals surface area contributed by atoms with Gasteiger partial charge in [0.1, 0.15) is 4.90 Å². The lowest BCUT2D eigenvalue weighted by molar-refractivity contribution is 0.582. The van der Waals surface area contributed by atoms with Gasteiger partial charge in [-0.3, -0.25) is 0 Å². The van der Waals surface area contributed by atoms with Crippen LogP contribution in [0, 0.1) is 6.92 Å². The van der Waals surface area contributed by atoms with E-state index in [2.05, 4.69) is 4.72 Å². The van der Waals surface area contributed by atoms with Crippen molar-refractivity contribution in [1.29, 1.82) is 0 Å². The van der Waals surface area contributed by atoms with Gasteiger partial charge < -0.3 is 5.73 Å². The van der Waals surface area contributed by atoms with Crippen LogP contribution in [0.2, 0.25) is 0 Å². The molecule has 0 aliphatic carbocycles. The molecular formula is C12H18N2O2S. The van der Waals surface area contributed by atoms with Crippen LogP contribution in [0.3, 0.4) is 0 Å². The number of hydrogen-bond acceptors (Lipinski definition) is 3. The summed E-state index contributed by atoms with van der Waals surface area (Å²) in [5.41, 5.74) is 6.93. The largest absolute Gasteiger partial charge is 0.398 e. The predicted octanol–water partition coefficient (Wildman–Crippen LogP) is 1.82. The van der Waals surface area contributed by atoms with Crippen molar-refractivity contribution in [3.05, 3.63) is 35.9 Å². The zero-order valence-corrected chi connectivity index (χ0v) is 10.9. The summed E-state index contributed by atoms with van der Waals surface area (Å²) in [7, 11) is -3.50. The topological polar surface area (TPSA) is 72.2 Å². The molecule has 0 aromatic heterocycles. The van der Waals surface area contributed by atoms with E-state index < -0.39 is 10.0 Å². The Hall–Kier alpha value is -1.33. The first-order valence-corrected chi connectivity index (χ1v) is 6.92. The number of hydrogen-bond donors (Lipinski definition) is 2. The second-order valence-electron chi connectivity index (χ2n) is 3.80. The molecule has 0 unspecified atom stereocenters. The molecule has 5 heteroatoms. The number of nitrogens with one attached hydrogen (secondary N) is 1. The maximum atomic E-state index is 11.9. The number of nitrogens with two attached hydrogens (primary N) is 1. The summed E-state index contributed by atoms with van der Waals surface area (Å²) in [6.45, 7) is 4.14. The number of allylic oxidation sites excluding steroid dienone is 1. The van der Waals surface area contributed by atoms with Crippen molar-refractivity contribution < 1.29 is 8.42 Å². The highest BCUT2D eigenvalue weighted by Gasteiger charge is 2.16. The van der Waals surface area contributed by atoms with E-state index in [1.807, 2.05) is 26.0 Å². The first-order valence-electron chi connectivity index (χ1n) is 5.44. The minimum absolute atomic E-state index is 0.142. The SMILES string of the molecule is C/C=C/CCNS(=O)(=O)c1ccc(C)cc1N. The Morgan fingerprint density at radius 3 is 2.71 bits per heavy atom. The summed E-state index contributed by atoms with van der Waals surface area (Å²) in [5.74, 6) is 0. The molecule has 0 bridgehead atoms. The molecule has 94 valence electrons. The average Bonchev–Trinajstić information content (AvgIpc) is 2.24. The molecule has 0 saturated carbocycles. The number of benzene rings is 1. The molecule has 1 rings (SSSR count). The summed E-state index contributed by atoms with van der Waals surface area (Å²) in [5, 5.41) is 0. The van der Waals surface area contributed by atoms with Crippen LogP contribution in [0.15, 0.2) is 35.2 Å². The third kappa shape index (κ3) is 3.87. The molecule has 17 heavy (non-hydrogen) atoms. The highest BCUT2D eigenvalue weighted by molar-refractivity contribution is 7.89. The van der Waals surface area contributed by atoms with E-state index in [9.17, 15) is 8.42 Å². The van der Waals surface area contributed by atoms with Crippen molar-refractivity contribution in [2.24, 2.45) is 0 Å². The van der Waals surface area contributed by atoms with Gasteiger partial charge in [-0.2, -0.15) is 0 Å². The summed E-state index contributed by atoms with van der Waals surface area (Å²) in [6.07, 6.45) is 4.46. The Kier molecular flexibility index (Phi) is 4.72. The zero-order valence-electron chi connectivity index (χ0n) is 10.1. The highest BCUT2D eigenvalue weighted by Crippen LogP contribution is 2.18. The second-order valence-corrected chi connectivity index (χ2v) is 5.53. The normalized spacial score (nSPS) is 12.1. The van der Waals surface area contributed by atoms with Gasteiger partial charge in [0.25, 0.3) is 0 Å². The van der Waals surface area contributed by atoms with E-state index >= 15 is 0 Å². The minimum atomic E-state index is -3.50. The maximum Gasteiger partial charge on any atom is 0.242 e. The molecule has 4 nitrogen and oxygen atoms in total. The maximum absolute atomic E-state index is 11.9. The van der Waals surface area contributed by atoms with Gasteiger partial charge in [0.2, 0.25) is 10.0 Å². The molecule has 0 aliphatic rings. The van der Waals surface area contributed by atoms with Crippen LogP contribution in [0.5, 0.6) is 0 Å². The lowest BCUT2D eigenvalue weighted by atomic mass is 10.2. The molecule has 0 aliphatic heterocycles. The third-order valence-corrected chi connectivity index (χ3v) is 3.83. The monoisotopic (exact) mass is 254 g/mol. The smallest absolute Gasteiger partial charge is 0.242 e. The first-order chi connectivity index (χ1) is 7.97. The number of nitrogen functional groups attached to an aromatic ring is 1. The zero-order chi connectivity index (χ0) is 12.9. The molecule has 0 heterocycles. The molecular weight excluding hydrogens is 236 g/mol. The van der Waals surface area contributed by atoms with Gasteiger partial charge in [-0.1, -0.05) is 18.2 Å². The quantitative estimate of drug-likeness (QED) is 0.478. The highest BCUT2D eigenvalue weighted by atomic mass is 32.2. The van der Waals surface area contributed by atoms with Gasteiger partial charge >= 0.3 is 0 Å². The predicted molar refractivity (Wildman–Crippen MR) is 70.2 cm³/mol. The lowest BCUT2D eigenvalue weighted by Crippen LogP contribution is -2.25. The van der Waals surface area contributed by atoms with Crippen LogP contribution >= 0.6 is 0 Å². The average molecular weight is 254 g/mol. The van der Waals surface area contributed by atoms with E-state index in [1.165, 1.54) is 6.07 Å². The molecule has 1 aromatic carbocycles. The first kappa shape index (κ1) is 13.7. The van der Waals surface area contributed by atoms with Crippen LogP contribution < -0.4 is 10.5 Å². The third-order valence-electron chi connectivity index (χ3n) is 2.29. The molecule has 1 aromatic rings. The van der Waals surface area contributed by atoms with Crippen molar-refractivity contribution >= 4 is 15.7 Å². The Balaban J connectivity index is 2.82. The second kappa shape index (κ2) is 5.84. The van der Waals surface area contributed by atoms with Gasteiger partial charge in [-0.25, -0.2) is 13.1 Å². The Bertz CT molecular complexity index is 507. The Morgan fingerprint density at radius 2 is 2.12 bits per heavy atom. The summed E-state index contributed by atoms with van der Waals surface area (Å²) in [6, 6.07) is 4.92. The Morgan fingerprint density at radius 1 is 1.41 bits per heavy atom. The van der Waals surface area contributed by atoms with Gasteiger partial charge in [0.05, 0.1) is 5.69 Å². The van der Waals surface area contributed by atoms with Crippen molar-refractivity contribution in [3.63, 3.8) is 0 Å². The minimum Gasteiger partial charge on any atom is -0.398 e. The van der Waals surface area contributed by atoms with E-state index in [0.717, 1.165) is 5.56 Å². The summed E-state index contributed by atoms with van der Waals surface area (Å²) >= 11 is 0. The van der Waals surface area contributed by atoms with Crippen molar-refractivity contribution in [1.82, 2.24) is 4.72 Å². The van der Waals surface area contributed by atoms with E-state index in [4.69, 9.17) is 5.73 Å². The number of anilines is 1. The van der Waals surface area contributed by atoms with Crippen LogP contribution in [0.1, 0.15) is 18.9 Å². The Labute approximate surface area is 103 Å². The van der Waals surface area contributed by atoms with Gasteiger partial charge in [0.15, 0.2) is 0 Å². The molecule has 0 saturated heterocycles. The van der Waals surface area contributed by atoms with Crippen LogP contribution in [0.4, 0.5) is 5.69 Å². The van der Waals surface area contributed by atoms with E-state index in [0.29, 0.717) is 13.0 Å². The molecule has 0 atom stereocenters. The van der Waals surface area contributed by atoms with Crippen molar-refractivity contribution in [2.45, 2.75) is 25.2 Å². The molecule has 0 radical (unpaired) electrons. The van der Waals surface area contributed by atoms with E-state index in [-0.39, 0.29) is 10.6 Å². The fourth-order valence-electron chi connectivity index (χ4n) is 1.43. The number of sulfonamides is 1. The fourth-order valence-corrected chi connectivity index (χ4v) is 2.59. The van der Waals surface area contributed by atoms with Crippen molar-refractivity contribution in [3.8, 4) is 0 Å². The molecule has 0 fully saturated rings. The summed E-state index contributed by atoms with van der Waals surface area (Å²) in [4.78, 5) is 0.142. The molecule has 0 spiro atoms. The molecule has 3 N–H and O–H groups in total. The van der Waals surface area contributed by atoms with Crippen LogP contribution in [0.25, 0.3) is 0 Å². The summed E-state index contributed by atoms with van der Waals surface area (Å²) < 4.78 is 26.3. The fraction of sp³-hybridized carbons (Fsp3) is 0.333. The van der Waals surface area contributed by atoms with Gasteiger partial charge in [0, 0.05) is 6.54 Å². The van der Waals surface area contributed by atoms with E-state index in [1.54, 1.807) is 12.1 Å².